The minimum Gasteiger partial charge on any atom is -0.458 e. The summed E-state index contributed by atoms with van der Waals surface area (Å²) in [6, 6.07) is 19.3. The normalized spacial score (nSPS) is 12.8. The fourth-order valence-corrected chi connectivity index (χ4v) is 6.09. The Kier molecular flexibility index (Phi) is 6.37. The number of rotatable bonds is 6. The average Bonchev–Trinajstić information content (AvgIpc) is 3.24. The Bertz CT molecular complexity index is 1650. The second-order valence-electron chi connectivity index (χ2n) is 9.61. The summed E-state index contributed by atoms with van der Waals surface area (Å²) in [5, 5.41) is 0. The molecule has 8 heteroatoms. The topological polar surface area (TPSA) is 98.2 Å². The van der Waals surface area contributed by atoms with Gasteiger partial charge in [-0.2, -0.15) is 0 Å². The van der Waals surface area contributed by atoms with Crippen LogP contribution in [0.2, 0.25) is 0 Å². The highest BCUT2D eigenvalue weighted by Gasteiger charge is 2.30. The van der Waals surface area contributed by atoms with Crippen LogP contribution in [0.25, 0.3) is 11.4 Å². The summed E-state index contributed by atoms with van der Waals surface area (Å²) in [5.74, 6) is -0.441. The van der Waals surface area contributed by atoms with Crippen LogP contribution in [0.1, 0.15) is 46.6 Å². The van der Waals surface area contributed by atoms with Crippen molar-refractivity contribution in [3.8, 4) is 11.4 Å². The fourth-order valence-electron chi connectivity index (χ4n) is 4.73. The number of sulfone groups is 1. The smallest absolute Gasteiger partial charge is 0.355 e. The van der Waals surface area contributed by atoms with Crippen LogP contribution in [0.3, 0.4) is 0 Å². The van der Waals surface area contributed by atoms with Crippen LogP contribution >= 0.6 is 0 Å². The van der Waals surface area contributed by atoms with Gasteiger partial charge in [0, 0.05) is 6.54 Å². The van der Waals surface area contributed by atoms with Crippen molar-refractivity contribution >= 4 is 15.8 Å². The summed E-state index contributed by atoms with van der Waals surface area (Å²) in [7, 11) is -3.99. The van der Waals surface area contributed by atoms with Gasteiger partial charge in [0.05, 0.1) is 22.4 Å². The summed E-state index contributed by atoms with van der Waals surface area (Å²) < 4.78 is 33.9. The van der Waals surface area contributed by atoms with Crippen LogP contribution in [-0.2, 0) is 34.0 Å². The number of H-pyrrole nitrogens is 1. The molecule has 0 saturated carbocycles. The Hall–Kier alpha value is -3.91. The summed E-state index contributed by atoms with van der Waals surface area (Å²) in [6.07, 6.45) is 0.844. The van der Waals surface area contributed by atoms with E-state index in [-0.39, 0.29) is 15.9 Å². The van der Waals surface area contributed by atoms with E-state index in [1.165, 1.54) is 18.2 Å². The first-order valence-electron chi connectivity index (χ1n) is 12.2. The van der Waals surface area contributed by atoms with Crippen LogP contribution in [0, 0.1) is 6.92 Å². The lowest BCUT2D eigenvalue weighted by atomic mass is 9.94. The number of pyridine rings is 1. The summed E-state index contributed by atoms with van der Waals surface area (Å²) in [4.78, 5) is 28.9. The third-order valence-corrected chi connectivity index (χ3v) is 8.30. The molecular weight excluding hydrogens is 488 g/mol. The van der Waals surface area contributed by atoms with Gasteiger partial charge < -0.3 is 14.3 Å². The molecule has 4 aromatic rings. The average molecular weight is 517 g/mol. The molecule has 0 aliphatic heterocycles. The molecule has 1 N–H and O–H groups in total. The van der Waals surface area contributed by atoms with E-state index < -0.39 is 21.4 Å². The lowest BCUT2D eigenvalue weighted by Crippen LogP contribution is -2.23. The highest BCUT2D eigenvalue weighted by Crippen LogP contribution is 2.36. The zero-order chi connectivity index (χ0) is 26.3. The highest BCUT2D eigenvalue weighted by atomic mass is 32.2. The van der Waals surface area contributed by atoms with Gasteiger partial charge in [-0.25, -0.2) is 13.2 Å². The first-order chi connectivity index (χ1) is 17.6. The number of nitrogens with zero attached hydrogens (tertiary/aromatic N) is 1. The third kappa shape index (κ3) is 4.64. The first-order valence-corrected chi connectivity index (χ1v) is 13.7. The van der Waals surface area contributed by atoms with Gasteiger partial charge in [-0.15, -0.1) is 0 Å². The van der Waals surface area contributed by atoms with E-state index in [0.29, 0.717) is 42.0 Å². The van der Waals surface area contributed by atoms with Crippen LogP contribution in [0.5, 0.6) is 0 Å². The van der Waals surface area contributed by atoms with Gasteiger partial charge in [0.15, 0.2) is 0 Å². The minimum absolute atomic E-state index is 0.0680. The van der Waals surface area contributed by atoms with Crippen molar-refractivity contribution < 1.29 is 17.9 Å². The molecule has 0 atom stereocenters. The second-order valence-corrected chi connectivity index (χ2v) is 11.5. The molecule has 5 rings (SSSR count). The van der Waals surface area contributed by atoms with Gasteiger partial charge in [0.25, 0.3) is 5.56 Å². The number of benzene rings is 2. The van der Waals surface area contributed by atoms with Crippen molar-refractivity contribution in [2.75, 3.05) is 0 Å². The Morgan fingerprint density at radius 2 is 1.68 bits per heavy atom. The molecular formula is C29H28N2O5S. The number of carbonyl (C=O) groups is 1. The number of aromatic amines is 1. The summed E-state index contributed by atoms with van der Waals surface area (Å²) >= 11 is 0. The van der Waals surface area contributed by atoms with Crippen molar-refractivity contribution in [3.63, 3.8) is 0 Å². The maximum atomic E-state index is 13.2. The molecule has 2 aromatic carbocycles. The number of ether oxygens (including phenoxy) is 1. The van der Waals surface area contributed by atoms with E-state index in [2.05, 4.69) is 4.98 Å². The molecule has 2 aromatic heterocycles. The van der Waals surface area contributed by atoms with Crippen LogP contribution in [0.15, 0.2) is 81.3 Å². The Labute approximate surface area is 215 Å². The van der Waals surface area contributed by atoms with E-state index in [0.717, 1.165) is 16.7 Å². The van der Waals surface area contributed by atoms with E-state index in [1.807, 2.05) is 41.8 Å². The zero-order valence-corrected chi connectivity index (χ0v) is 21.8. The number of nitrogens with one attached hydrogen (secondary N) is 1. The van der Waals surface area contributed by atoms with Gasteiger partial charge >= 0.3 is 5.97 Å². The fraction of sp³-hybridized carbons (Fsp3) is 0.241. The van der Waals surface area contributed by atoms with Crippen LogP contribution < -0.4 is 5.56 Å². The molecule has 0 saturated heterocycles. The number of fused-ring (bicyclic) bond motifs is 3. The highest BCUT2D eigenvalue weighted by molar-refractivity contribution is 7.91. The molecule has 2 heterocycles. The van der Waals surface area contributed by atoms with Crippen molar-refractivity contribution in [2.45, 2.75) is 56.1 Å². The van der Waals surface area contributed by atoms with Gasteiger partial charge in [0.2, 0.25) is 9.84 Å². The molecule has 190 valence electrons. The molecule has 0 bridgehead atoms. The van der Waals surface area contributed by atoms with Gasteiger partial charge in [-0.3, -0.25) is 4.79 Å². The monoisotopic (exact) mass is 516 g/mol. The first kappa shape index (κ1) is 24.8. The predicted octanol–water partition coefficient (Wildman–Crippen LogP) is 4.70. The van der Waals surface area contributed by atoms with E-state index in [9.17, 15) is 18.0 Å². The maximum Gasteiger partial charge on any atom is 0.355 e. The van der Waals surface area contributed by atoms with Crippen molar-refractivity contribution in [1.29, 1.82) is 0 Å². The van der Waals surface area contributed by atoms with E-state index in [4.69, 9.17) is 4.74 Å². The van der Waals surface area contributed by atoms with Gasteiger partial charge in [-0.05, 0) is 74.6 Å². The molecule has 0 fully saturated rings. The number of hydrogen-bond donors (Lipinski definition) is 1. The largest absolute Gasteiger partial charge is 0.458 e. The van der Waals surface area contributed by atoms with Crippen LogP contribution in [-0.4, -0.2) is 30.0 Å². The van der Waals surface area contributed by atoms with E-state index >= 15 is 0 Å². The Morgan fingerprint density at radius 1 is 1.00 bits per heavy atom. The molecule has 0 spiro atoms. The Balaban J connectivity index is 1.67. The number of hydrogen-bond acceptors (Lipinski definition) is 5. The maximum absolute atomic E-state index is 13.2. The second kappa shape index (κ2) is 9.52. The van der Waals surface area contributed by atoms with Gasteiger partial charge in [-0.1, -0.05) is 48.0 Å². The van der Waals surface area contributed by atoms with Gasteiger partial charge in [0.1, 0.15) is 10.6 Å². The standard InChI is InChI=1S/C29H28N2O5S/c1-18(2)36-29(33)24-15-22-14-13-21-16-25(37(34,35)23-7-5-4-6-8-23)28(32)30-26(21)27(22)31(24)17-20-11-9-19(3)10-12-20/h4-12,15-16,18H,13-14,17H2,1-3H3,(H,30,32). The predicted molar refractivity (Wildman–Crippen MR) is 141 cm³/mol. The zero-order valence-electron chi connectivity index (χ0n) is 20.9. The SMILES string of the molecule is Cc1ccc(Cn2c(C(=O)OC(C)C)cc3c2-c2[nH]c(=O)c(S(=O)(=O)c4ccccc4)cc2CC3)cc1. The molecule has 0 amide bonds. The molecule has 0 unspecified atom stereocenters. The molecule has 1 aliphatic carbocycles. The summed E-state index contributed by atoms with van der Waals surface area (Å²) in [6.45, 7) is 6.00. The quantitative estimate of drug-likeness (QED) is 0.375. The molecule has 1 aliphatic rings. The molecule has 0 radical (unpaired) electrons. The van der Waals surface area contributed by atoms with E-state index in [1.54, 1.807) is 32.0 Å². The lowest BCUT2D eigenvalue weighted by molar-refractivity contribution is 0.0366. The lowest BCUT2D eigenvalue weighted by Gasteiger charge is -2.21. The molecule has 37 heavy (non-hydrogen) atoms. The molecule has 7 nitrogen and oxygen atoms in total. The minimum atomic E-state index is -3.99. The van der Waals surface area contributed by atoms with Crippen molar-refractivity contribution in [1.82, 2.24) is 9.55 Å². The Morgan fingerprint density at radius 3 is 2.35 bits per heavy atom. The number of aromatic nitrogens is 2. The summed E-state index contributed by atoms with van der Waals surface area (Å²) in [5.41, 5.74) is 4.68. The van der Waals surface area contributed by atoms with Crippen molar-refractivity contribution in [3.05, 3.63) is 105 Å². The number of esters is 1. The number of aryl methyl sites for hydroxylation is 3. The van der Waals surface area contributed by atoms with Crippen molar-refractivity contribution in [2.24, 2.45) is 0 Å². The number of carbonyl (C=O) groups excluding carboxylic acids is 1. The third-order valence-electron chi connectivity index (χ3n) is 6.52. The van der Waals surface area contributed by atoms with Crippen LogP contribution in [0.4, 0.5) is 0 Å².